The van der Waals surface area contributed by atoms with Crippen LogP contribution in [-0.2, 0) is 11.2 Å². The van der Waals surface area contributed by atoms with E-state index < -0.39 is 0 Å². The molecule has 0 atom stereocenters. The minimum absolute atomic E-state index is 0.251. The molecule has 0 bridgehead atoms. The largest absolute Gasteiger partial charge is 0.493 e. The number of carbonyl (C=O) groups excluding carboxylic acids is 1. The Balaban J connectivity index is 2.05. The van der Waals surface area contributed by atoms with Gasteiger partial charge in [-0.05, 0) is 44.0 Å². The van der Waals surface area contributed by atoms with Crippen LogP contribution in [-0.4, -0.2) is 44.5 Å². The van der Waals surface area contributed by atoms with E-state index in [1.165, 1.54) is 0 Å². The van der Waals surface area contributed by atoms with Crippen LogP contribution in [0, 0.1) is 0 Å². The predicted molar refractivity (Wildman–Crippen MR) is 78.5 cm³/mol. The SMILES string of the molecule is COc1ccc(CCC=O)cc1OC1CCN(C)CC1. The summed E-state index contributed by atoms with van der Waals surface area (Å²) in [5, 5.41) is 0. The maximum Gasteiger partial charge on any atom is 0.161 e. The molecule has 0 aromatic heterocycles. The normalized spacial score (nSPS) is 16.9. The second-order valence-corrected chi connectivity index (χ2v) is 5.31. The molecule has 0 saturated carbocycles. The van der Waals surface area contributed by atoms with Crippen LogP contribution in [0.3, 0.4) is 0 Å². The van der Waals surface area contributed by atoms with Gasteiger partial charge in [0.1, 0.15) is 12.4 Å². The summed E-state index contributed by atoms with van der Waals surface area (Å²) in [6.45, 7) is 2.13. The standard InChI is InChI=1S/C16H23NO3/c1-17-9-7-14(8-10-17)20-16-12-13(4-3-11-18)5-6-15(16)19-2/h5-6,11-12,14H,3-4,7-10H2,1-2H3. The van der Waals surface area contributed by atoms with E-state index in [9.17, 15) is 4.79 Å². The molecule has 1 aromatic rings. The third-order valence-corrected chi connectivity index (χ3v) is 3.74. The maximum atomic E-state index is 10.5. The summed E-state index contributed by atoms with van der Waals surface area (Å²) in [4.78, 5) is 12.8. The van der Waals surface area contributed by atoms with Gasteiger partial charge in [0.15, 0.2) is 11.5 Å². The topological polar surface area (TPSA) is 38.8 Å². The molecular weight excluding hydrogens is 254 g/mol. The van der Waals surface area contributed by atoms with E-state index in [2.05, 4.69) is 11.9 Å². The van der Waals surface area contributed by atoms with Gasteiger partial charge in [-0.2, -0.15) is 0 Å². The zero-order chi connectivity index (χ0) is 14.4. The molecule has 1 saturated heterocycles. The van der Waals surface area contributed by atoms with E-state index in [1.807, 2.05) is 18.2 Å². The molecule has 0 radical (unpaired) electrons. The molecule has 1 aliphatic heterocycles. The van der Waals surface area contributed by atoms with Crippen LogP contribution in [0.1, 0.15) is 24.8 Å². The molecule has 0 unspecified atom stereocenters. The van der Waals surface area contributed by atoms with Crippen molar-refractivity contribution >= 4 is 6.29 Å². The summed E-state index contributed by atoms with van der Waals surface area (Å²) in [5.74, 6) is 1.56. The first-order valence-electron chi connectivity index (χ1n) is 7.18. The van der Waals surface area contributed by atoms with E-state index in [4.69, 9.17) is 9.47 Å². The maximum absolute atomic E-state index is 10.5. The highest BCUT2D eigenvalue weighted by atomic mass is 16.5. The van der Waals surface area contributed by atoms with E-state index in [0.29, 0.717) is 6.42 Å². The Labute approximate surface area is 120 Å². The van der Waals surface area contributed by atoms with Gasteiger partial charge in [0.2, 0.25) is 0 Å². The van der Waals surface area contributed by atoms with Gasteiger partial charge in [0.05, 0.1) is 7.11 Å². The molecule has 110 valence electrons. The van der Waals surface area contributed by atoms with Crippen LogP contribution in [0.15, 0.2) is 18.2 Å². The third kappa shape index (κ3) is 3.97. The molecule has 2 rings (SSSR count). The molecule has 4 heteroatoms. The Hall–Kier alpha value is -1.55. The number of hydrogen-bond acceptors (Lipinski definition) is 4. The average Bonchev–Trinajstić information content (AvgIpc) is 2.48. The molecule has 0 amide bonds. The van der Waals surface area contributed by atoms with Crippen LogP contribution in [0.2, 0.25) is 0 Å². The van der Waals surface area contributed by atoms with Crippen LogP contribution in [0.25, 0.3) is 0 Å². The number of benzene rings is 1. The monoisotopic (exact) mass is 277 g/mol. The summed E-state index contributed by atoms with van der Waals surface area (Å²) < 4.78 is 11.5. The number of ether oxygens (including phenoxy) is 2. The van der Waals surface area contributed by atoms with E-state index in [0.717, 1.165) is 55.7 Å². The fraction of sp³-hybridized carbons (Fsp3) is 0.562. The highest BCUT2D eigenvalue weighted by Gasteiger charge is 2.19. The zero-order valence-corrected chi connectivity index (χ0v) is 12.3. The Morgan fingerprint density at radius 2 is 2.05 bits per heavy atom. The van der Waals surface area contributed by atoms with Crippen molar-refractivity contribution in [3.05, 3.63) is 23.8 Å². The number of carbonyl (C=O) groups is 1. The van der Waals surface area contributed by atoms with Crippen LogP contribution < -0.4 is 9.47 Å². The first kappa shape index (κ1) is 14.9. The van der Waals surface area contributed by atoms with Crippen molar-refractivity contribution in [3.63, 3.8) is 0 Å². The van der Waals surface area contributed by atoms with Crippen LogP contribution in [0.5, 0.6) is 11.5 Å². The number of piperidine rings is 1. The Morgan fingerprint density at radius 1 is 1.30 bits per heavy atom. The Morgan fingerprint density at radius 3 is 2.70 bits per heavy atom. The zero-order valence-electron chi connectivity index (χ0n) is 12.3. The first-order valence-corrected chi connectivity index (χ1v) is 7.18. The molecule has 4 nitrogen and oxygen atoms in total. The summed E-state index contributed by atoms with van der Waals surface area (Å²) in [7, 11) is 3.79. The summed E-state index contributed by atoms with van der Waals surface area (Å²) >= 11 is 0. The Kier molecular flexibility index (Phi) is 5.41. The summed E-state index contributed by atoms with van der Waals surface area (Å²) in [6, 6.07) is 5.91. The van der Waals surface area contributed by atoms with Gasteiger partial charge < -0.3 is 19.2 Å². The average molecular weight is 277 g/mol. The lowest BCUT2D eigenvalue weighted by Gasteiger charge is -2.29. The highest BCUT2D eigenvalue weighted by molar-refractivity contribution is 5.51. The lowest BCUT2D eigenvalue weighted by molar-refractivity contribution is -0.107. The molecule has 0 N–H and O–H groups in total. The van der Waals surface area contributed by atoms with Gasteiger partial charge >= 0.3 is 0 Å². The molecule has 0 spiro atoms. The van der Waals surface area contributed by atoms with Gasteiger partial charge in [-0.1, -0.05) is 6.07 Å². The van der Waals surface area contributed by atoms with Crippen molar-refractivity contribution in [1.29, 1.82) is 0 Å². The number of methoxy groups -OCH3 is 1. The van der Waals surface area contributed by atoms with Gasteiger partial charge in [-0.15, -0.1) is 0 Å². The van der Waals surface area contributed by atoms with Crippen molar-refractivity contribution in [2.24, 2.45) is 0 Å². The van der Waals surface area contributed by atoms with Crippen molar-refractivity contribution < 1.29 is 14.3 Å². The summed E-state index contributed by atoms with van der Waals surface area (Å²) in [6.07, 6.45) is 4.57. The quantitative estimate of drug-likeness (QED) is 0.748. The number of likely N-dealkylation sites (tertiary alicyclic amines) is 1. The Bertz CT molecular complexity index is 439. The van der Waals surface area contributed by atoms with E-state index in [-0.39, 0.29) is 6.10 Å². The van der Waals surface area contributed by atoms with Gasteiger partial charge in [0, 0.05) is 19.5 Å². The van der Waals surface area contributed by atoms with Crippen molar-refractivity contribution in [1.82, 2.24) is 4.90 Å². The summed E-state index contributed by atoms with van der Waals surface area (Å²) in [5.41, 5.74) is 1.11. The molecule has 20 heavy (non-hydrogen) atoms. The number of rotatable bonds is 6. The van der Waals surface area contributed by atoms with Crippen molar-refractivity contribution in [2.45, 2.75) is 31.8 Å². The predicted octanol–water partition coefficient (Wildman–Crippen LogP) is 2.30. The molecule has 1 heterocycles. The molecule has 1 aliphatic rings. The fourth-order valence-electron chi connectivity index (χ4n) is 2.48. The van der Waals surface area contributed by atoms with E-state index in [1.54, 1.807) is 7.11 Å². The van der Waals surface area contributed by atoms with Crippen LogP contribution >= 0.6 is 0 Å². The van der Waals surface area contributed by atoms with E-state index >= 15 is 0 Å². The molecule has 0 aliphatic carbocycles. The van der Waals surface area contributed by atoms with Crippen LogP contribution in [0.4, 0.5) is 0 Å². The smallest absolute Gasteiger partial charge is 0.161 e. The lowest BCUT2D eigenvalue weighted by atomic mass is 10.1. The fourth-order valence-corrected chi connectivity index (χ4v) is 2.48. The van der Waals surface area contributed by atoms with Gasteiger partial charge in [0.25, 0.3) is 0 Å². The minimum atomic E-state index is 0.251. The second-order valence-electron chi connectivity index (χ2n) is 5.31. The first-order chi connectivity index (χ1) is 9.72. The molecule has 1 aromatic carbocycles. The number of hydrogen-bond donors (Lipinski definition) is 0. The number of aryl methyl sites for hydroxylation is 1. The number of aldehydes is 1. The second kappa shape index (κ2) is 7.29. The number of nitrogens with zero attached hydrogens (tertiary/aromatic N) is 1. The molecule has 1 fully saturated rings. The van der Waals surface area contributed by atoms with Crippen molar-refractivity contribution in [2.75, 3.05) is 27.2 Å². The van der Waals surface area contributed by atoms with Gasteiger partial charge in [-0.25, -0.2) is 0 Å². The molecular formula is C16H23NO3. The highest BCUT2D eigenvalue weighted by Crippen LogP contribution is 2.31. The third-order valence-electron chi connectivity index (χ3n) is 3.74. The minimum Gasteiger partial charge on any atom is -0.493 e. The van der Waals surface area contributed by atoms with Crippen molar-refractivity contribution in [3.8, 4) is 11.5 Å². The van der Waals surface area contributed by atoms with Gasteiger partial charge in [-0.3, -0.25) is 0 Å². The lowest BCUT2D eigenvalue weighted by Crippen LogP contribution is -2.35.